The van der Waals surface area contributed by atoms with E-state index in [0.717, 1.165) is 33.9 Å². The fraction of sp³-hybridized carbons (Fsp3) is 0.200. The standard InChI is InChI=1S/C55H44N2S/c1-54(2)44-24-11-10-20-38(44)41-31-47-43(32-46(41)54)51-37(21-15-25-45(51)55(47)28-12-5-13-29-55)36-26-27-50-42(30-36)39-22-14-23-40(52(39)58-50)49-33-48(34-16-6-3-7-17-34)56-53(57-49)35-18-8-4-9-19-35/h3-4,6-11,14-27,30-33,41,46H,5,12-13,28-29H2,1-2H3. The summed E-state index contributed by atoms with van der Waals surface area (Å²) in [6.07, 6.45) is 11.9. The molecule has 4 aliphatic carbocycles. The number of nitrogens with zero attached hydrogens (tertiary/aromatic N) is 2. The van der Waals surface area contributed by atoms with Crippen LogP contribution in [-0.4, -0.2) is 9.97 Å². The van der Waals surface area contributed by atoms with Crippen LogP contribution in [0.1, 0.15) is 74.1 Å². The van der Waals surface area contributed by atoms with Crippen LogP contribution in [0.3, 0.4) is 0 Å². The molecule has 1 saturated carbocycles. The summed E-state index contributed by atoms with van der Waals surface area (Å²) in [4.78, 5) is 10.3. The van der Waals surface area contributed by atoms with Gasteiger partial charge >= 0.3 is 0 Å². The van der Waals surface area contributed by atoms with Gasteiger partial charge in [0.2, 0.25) is 0 Å². The van der Waals surface area contributed by atoms with E-state index in [1.54, 1.807) is 11.1 Å². The van der Waals surface area contributed by atoms with E-state index >= 15 is 0 Å². The van der Waals surface area contributed by atoms with Crippen molar-refractivity contribution in [1.82, 2.24) is 9.97 Å². The highest BCUT2D eigenvalue weighted by atomic mass is 32.1. The minimum Gasteiger partial charge on any atom is -0.228 e. The Morgan fingerprint density at radius 1 is 0.569 bits per heavy atom. The molecule has 0 bridgehead atoms. The Morgan fingerprint density at radius 3 is 2.10 bits per heavy atom. The number of aromatic nitrogens is 2. The summed E-state index contributed by atoms with van der Waals surface area (Å²) >= 11 is 1.87. The van der Waals surface area contributed by atoms with Gasteiger partial charge in [-0.3, -0.25) is 0 Å². The first-order chi connectivity index (χ1) is 28.5. The fourth-order valence-corrected chi connectivity index (χ4v) is 12.6. The lowest BCUT2D eigenvalue weighted by atomic mass is 9.64. The lowest BCUT2D eigenvalue weighted by Crippen LogP contribution is -2.31. The number of fused-ring (bicyclic) bond motifs is 11. The molecule has 58 heavy (non-hydrogen) atoms. The van der Waals surface area contributed by atoms with Crippen molar-refractivity contribution < 1.29 is 0 Å². The molecule has 280 valence electrons. The molecule has 2 heterocycles. The van der Waals surface area contributed by atoms with E-state index in [2.05, 4.69) is 166 Å². The first-order valence-electron chi connectivity index (χ1n) is 21.1. The maximum absolute atomic E-state index is 5.23. The SMILES string of the molecule is CC1(C)c2ccccc2C2C=C3C(=CC21)c1c(-c2ccc4sc5c(-c6cc(-c7ccccc7)nc(-c7ccccc7)n6)cccc5c4c2)cccc1C31CCCCC1. The predicted octanol–water partition coefficient (Wildman–Crippen LogP) is 14.7. The monoisotopic (exact) mass is 764 g/mol. The van der Waals surface area contributed by atoms with Crippen molar-refractivity contribution in [2.45, 2.75) is 62.7 Å². The molecule has 4 aliphatic rings. The highest BCUT2D eigenvalue weighted by Gasteiger charge is 2.53. The van der Waals surface area contributed by atoms with Crippen LogP contribution in [0.4, 0.5) is 0 Å². The van der Waals surface area contributed by atoms with Gasteiger partial charge in [-0.15, -0.1) is 11.3 Å². The molecular formula is C55H44N2S. The van der Waals surface area contributed by atoms with Gasteiger partial charge in [0.25, 0.3) is 0 Å². The van der Waals surface area contributed by atoms with Gasteiger partial charge in [0.15, 0.2) is 5.82 Å². The van der Waals surface area contributed by atoms with Crippen molar-refractivity contribution in [3.8, 4) is 45.0 Å². The Labute approximate surface area is 344 Å². The molecule has 2 atom stereocenters. The van der Waals surface area contributed by atoms with Gasteiger partial charge < -0.3 is 0 Å². The third-order valence-electron chi connectivity index (χ3n) is 14.2. The van der Waals surface area contributed by atoms with Crippen LogP contribution in [-0.2, 0) is 10.8 Å². The molecule has 6 aromatic carbocycles. The summed E-state index contributed by atoms with van der Waals surface area (Å²) in [6, 6.07) is 53.5. The zero-order valence-electron chi connectivity index (χ0n) is 33.0. The summed E-state index contributed by atoms with van der Waals surface area (Å²) in [5, 5.41) is 2.59. The largest absolute Gasteiger partial charge is 0.228 e. The average Bonchev–Trinajstić information content (AvgIpc) is 3.86. The molecule has 0 radical (unpaired) electrons. The van der Waals surface area contributed by atoms with E-state index in [4.69, 9.17) is 9.97 Å². The van der Waals surface area contributed by atoms with Gasteiger partial charge in [-0.25, -0.2) is 9.97 Å². The van der Waals surface area contributed by atoms with E-state index in [-0.39, 0.29) is 10.8 Å². The molecule has 12 rings (SSSR count). The van der Waals surface area contributed by atoms with Crippen LogP contribution in [0.5, 0.6) is 0 Å². The van der Waals surface area contributed by atoms with E-state index in [9.17, 15) is 0 Å². The van der Waals surface area contributed by atoms with E-state index < -0.39 is 0 Å². The molecule has 0 aliphatic heterocycles. The average molecular weight is 765 g/mol. The van der Waals surface area contributed by atoms with Crippen LogP contribution in [0, 0.1) is 5.92 Å². The molecule has 2 aromatic heterocycles. The molecule has 1 spiro atoms. The zero-order valence-corrected chi connectivity index (χ0v) is 33.8. The van der Waals surface area contributed by atoms with Crippen molar-refractivity contribution in [3.63, 3.8) is 0 Å². The smallest absolute Gasteiger partial charge is 0.160 e. The second-order valence-corrected chi connectivity index (χ2v) is 18.6. The topological polar surface area (TPSA) is 25.8 Å². The molecule has 3 heteroatoms. The second kappa shape index (κ2) is 12.8. The molecule has 0 saturated heterocycles. The van der Waals surface area contributed by atoms with Crippen LogP contribution in [0.15, 0.2) is 163 Å². The number of hydrogen-bond acceptors (Lipinski definition) is 3. The molecule has 8 aromatic rings. The summed E-state index contributed by atoms with van der Waals surface area (Å²) in [6.45, 7) is 4.95. The molecule has 2 unspecified atom stereocenters. The summed E-state index contributed by atoms with van der Waals surface area (Å²) in [5.74, 6) is 1.62. The molecule has 2 nitrogen and oxygen atoms in total. The highest BCUT2D eigenvalue weighted by molar-refractivity contribution is 7.26. The minimum absolute atomic E-state index is 0.0767. The lowest BCUT2D eigenvalue weighted by molar-refractivity contribution is 0.345. The van der Waals surface area contributed by atoms with Gasteiger partial charge in [-0.05, 0) is 86.9 Å². The van der Waals surface area contributed by atoms with Crippen molar-refractivity contribution in [2.75, 3.05) is 0 Å². The Kier molecular flexibility index (Phi) is 7.54. The van der Waals surface area contributed by atoms with Gasteiger partial charge in [0, 0.05) is 48.2 Å². The summed E-state index contributed by atoms with van der Waals surface area (Å²) in [5.41, 5.74) is 17.2. The number of thiophene rings is 1. The number of allylic oxidation sites excluding steroid dienone is 4. The highest BCUT2D eigenvalue weighted by Crippen LogP contribution is 2.64. The van der Waals surface area contributed by atoms with Crippen molar-refractivity contribution in [2.24, 2.45) is 5.92 Å². The molecular weight excluding hydrogens is 721 g/mol. The predicted molar refractivity (Wildman–Crippen MR) is 243 cm³/mol. The summed E-state index contributed by atoms with van der Waals surface area (Å²) < 4.78 is 2.56. The Morgan fingerprint density at radius 2 is 1.28 bits per heavy atom. The third-order valence-corrected chi connectivity index (χ3v) is 15.4. The first kappa shape index (κ1) is 34.2. The Bertz CT molecular complexity index is 2960. The van der Waals surface area contributed by atoms with Crippen molar-refractivity contribution in [1.29, 1.82) is 0 Å². The third kappa shape index (κ3) is 4.96. The quantitative estimate of drug-likeness (QED) is 0.178. The van der Waals surface area contributed by atoms with Crippen LogP contribution in [0.2, 0.25) is 0 Å². The molecule has 1 fully saturated rings. The minimum atomic E-state index is 0.0767. The zero-order chi connectivity index (χ0) is 38.6. The first-order valence-corrected chi connectivity index (χ1v) is 21.9. The Hall–Kier alpha value is -5.90. The van der Waals surface area contributed by atoms with Gasteiger partial charge in [0.05, 0.1) is 11.4 Å². The fourth-order valence-electron chi connectivity index (χ4n) is 11.4. The lowest BCUT2D eigenvalue weighted by Gasteiger charge is -2.39. The van der Waals surface area contributed by atoms with E-state index in [0.29, 0.717) is 11.8 Å². The van der Waals surface area contributed by atoms with Gasteiger partial charge in [0.1, 0.15) is 0 Å². The number of hydrogen-bond donors (Lipinski definition) is 0. The number of benzene rings is 6. The second-order valence-electron chi connectivity index (χ2n) is 17.6. The van der Waals surface area contributed by atoms with E-state index in [1.165, 1.54) is 85.7 Å². The van der Waals surface area contributed by atoms with Crippen molar-refractivity contribution in [3.05, 3.63) is 186 Å². The van der Waals surface area contributed by atoms with Crippen LogP contribution in [0.25, 0.3) is 70.8 Å². The van der Waals surface area contributed by atoms with Gasteiger partial charge in [-0.2, -0.15) is 0 Å². The van der Waals surface area contributed by atoms with Crippen LogP contribution >= 0.6 is 11.3 Å². The normalized spacial score (nSPS) is 19.7. The van der Waals surface area contributed by atoms with Crippen molar-refractivity contribution >= 4 is 37.1 Å². The molecule has 0 amide bonds. The van der Waals surface area contributed by atoms with E-state index in [1.807, 2.05) is 17.4 Å². The number of rotatable bonds is 4. The van der Waals surface area contributed by atoms with Crippen LogP contribution < -0.4 is 0 Å². The maximum atomic E-state index is 5.23. The van der Waals surface area contributed by atoms with Gasteiger partial charge in [-0.1, -0.05) is 173 Å². The maximum Gasteiger partial charge on any atom is 0.160 e. The molecule has 0 N–H and O–H groups in total. The Balaban J connectivity index is 1.02. The summed E-state index contributed by atoms with van der Waals surface area (Å²) in [7, 11) is 0.